The molecule has 3 rings (SSSR count). The Bertz CT molecular complexity index is 1110. The molecule has 0 aliphatic heterocycles. The summed E-state index contributed by atoms with van der Waals surface area (Å²) in [5.41, 5.74) is -1.35. The Hall–Kier alpha value is -3.59. The van der Waals surface area contributed by atoms with E-state index < -0.39 is 29.4 Å². The Morgan fingerprint density at radius 3 is 2.19 bits per heavy atom. The van der Waals surface area contributed by atoms with Gasteiger partial charge in [-0.05, 0) is 48.8 Å². The van der Waals surface area contributed by atoms with Crippen LogP contribution in [0, 0.1) is 0 Å². The lowest BCUT2D eigenvalue weighted by Gasteiger charge is -2.18. The molecule has 31 heavy (non-hydrogen) atoms. The lowest BCUT2D eigenvalue weighted by molar-refractivity contribution is -0.138. The molecule has 162 valence electrons. The summed E-state index contributed by atoms with van der Waals surface area (Å²) in [7, 11) is 2.60. The SMILES string of the molecule is CNCC(=O)OC(=O)c1c(Oc2ccccc2)ccc2c(C(F)(F)F)c(OC)ccc12. The Labute approximate surface area is 175 Å². The number of hydrogen-bond acceptors (Lipinski definition) is 6. The summed E-state index contributed by atoms with van der Waals surface area (Å²) in [6.07, 6.45) is -4.75. The van der Waals surface area contributed by atoms with E-state index in [-0.39, 0.29) is 28.6 Å². The Morgan fingerprint density at radius 2 is 1.58 bits per heavy atom. The first-order valence-electron chi connectivity index (χ1n) is 9.09. The number of halogens is 3. The van der Waals surface area contributed by atoms with Crippen LogP contribution < -0.4 is 14.8 Å². The first-order valence-corrected chi connectivity index (χ1v) is 9.09. The molecular formula is C22H18F3NO5. The van der Waals surface area contributed by atoms with Gasteiger partial charge in [0.2, 0.25) is 0 Å². The number of likely N-dealkylation sites (N-methyl/N-ethyl adjacent to an activating group) is 1. The van der Waals surface area contributed by atoms with Crippen LogP contribution in [-0.4, -0.2) is 32.6 Å². The van der Waals surface area contributed by atoms with E-state index in [0.717, 1.165) is 13.2 Å². The van der Waals surface area contributed by atoms with Crippen molar-refractivity contribution >= 4 is 22.7 Å². The molecule has 0 fully saturated rings. The van der Waals surface area contributed by atoms with Crippen molar-refractivity contribution in [2.45, 2.75) is 6.18 Å². The average Bonchev–Trinajstić information content (AvgIpc) is 2.72. The molecule has 0 saturated carbocycles. The van der Waals surface area contributed by atoms with Crippen molar-refractivity contribution in [1.29, 1.82) is 0 Å². The highest BCUT2D eigenvalue weighted by molar-refractivity contribution is 6.11. The Kier molecular flexibility index (Phi) is 6.45. The topological polar surface area (TPSA) is 73.9 Å². The highest BCUT2D eigenvalue weighted by atomic mass is 19.4. The fraction of sp³-hybridized carbons (Fsp3) is 0.182. The Morgan fingerprint density at radius 1 is 0.935 bits per heavy atom. The van der Waals surface area contributed by atoms with Crippen molar-refractivity contribution < 1.29 is 37.0 Å². The summed E-state index contributed by atoms with van der Waals surface area (Å²) in [6.45, 7) is -0.257. The van der Waals surface area contributed by atoms with Gasteiger partial charge in [0.1, 0.15) is 28.4 Å². The second kappa shape index (κ2) is 9.05. The van der Waals surface area contributed by atoms with Crippen molar-refractivity contribution in [3.8, 4) is 17.2 Å². The van der Waals surface area contributed by atoms with Gasteiger partial charge in [-0.3, -0.25) is 4.79 Å². The number of rotatable bonds is 6. The van der Waals surface area contributed by atoms with E-state index in [1.807, 2.05) is 0 Å². The minimum Gasteiger partial charge on any atom is -0.496 e. The molecule has 0 spiro atoms. The van der Waals surface area contributed by atoms with Crippen LogP contribution in [0.1, 0.15) is 15.9 Å². The molecule has 9 heteroatoms. The first kappa shape index (κ1) is 22.1. The van der Waals surface area contributed by atoms with Gasteiger partial charge in [-0.1, -0.05) is 18.2 Å². The van der Waals surface area contributed by atoms with Crippen molar-refractivity contribution in [3.63, 3.8) is 0 Å². The number of alkyl halides is 3. The van der Waals surface area contributed by atoms with Crippen molar-refractivity contribution in [2.75, 3.05) is 20.7 Å². The van der Waals surface area contributed by atoms with Crippen molar-refractivity contribution in [2.24, 2.45) is 0 Å². The van der Waals surface area contributed by atoms with E-state index in [9.17, 15) is 22.8 Å². The van der Waals surface area contributed by atoms with Crippen LogP contribution in [0.3, 0.4) is 0 Å². The fourth-order valence-electron chi connectivity index (χ4n) is 3.07. The second-order valence-electron chi connectivity index (χ2n) is 6.38. The molecule has 0 aliphatic carbocycles. The van der Waals surface area contributed by atoms with Gasteiger partial charge >= 0.3 is 18.1 Å². The van der Waals surface area contributed by atoms with Crippen molar-refractivity contribution in [3.05, 3.63) is 65.7 Å². The van der Waals surface area contributed by atoms with Crippen LogP contribution in [0.4, 0.5) is 13.2 Å². The van der Waals surface area contributed by atoms with Gasteiger partial charge in [-0.25, -0.2) is 4.79 Å². The average molecular weight is 433 g/mol. The highest BCUT2D eigenvalue weighted by Crippen LogP contribution is 2.44. The standard InChI is InChI=1S/C22H18F3NO5/c1-26-12-18(27)31-21(28)19-14-8-11-17(29-2)20(22(23,24)25)15(14)9-10-16(19)30-13-6-4-3-5-7-13/h3-11,26H,12H2,1-2H3. The van der Waals surface area contributed by atoms with Gasteiger partial charge in [0.15, 0.2) is 0 Å². The molecule has 6 nitrogen and oxygen atoms in total. The molecule has 0 unspecified atom stereocenters. The molecule has 0 heterocycles. The lowest BCUT2D eigenvalue weighted by atomic mass is 9.98. The van der Waals surface area contributed by atoms with Gasteiger partial charge < -0.3 is 19.5 Å². The molecule has 3 aromatic rings. The molecule has 0 atom stereocenters. The van der Waals surface area contributed by atoms with Crippen LogP contribution >= 0.6 is 0 Å². The number of methoxy groups -OCH3 is 1. The molecule has 0 radical (unpaired) electrons. The molecule has 0 aromatic heterocycles. The number of esters is 2. The maximum atomic E-state index is 13.8. The number of nitrogens with one attached hydrogen (secondary N) is 1. The zero-order valence-electron chi connectivity index (χ0n) is 16.6. The van der Waals surface area contributed by atoms with Crippen LogP contribution in [0.15, 0.2) is 54.6 Å². The van der Waals surface area contributed by atoms with Crippen molar-refractivity contribution in [1.82, 2.24) is 5.32 Å². The van der Waals surface area contributed by atoms with Crippen LogP contribution in [0.25, 0.3) is 10.8 Å². The van der Waals surface area contributed by atoms with E-state index in [0.29, 0.717) is 5.75 Å². The van der Waals surface area contributed by atoms with Crippen LogP contribution in [0.5, 0.6) is 17.2 Å². The molecule has 0 amide bonds. The zero-order valence-corrected chi connectivity index (χ0v) is 16.6. The number of carbonyl (C=O) groups excluding carboxylic acids is 2. The van der Waals surface area contributed by atoms with Gasteiger partial charge in [0.25, 0.3) is 0 Å². The highest BCUT2D eigenvalue weighted by Gasteiger charge is 2.37. The summed E-state index contributed by atoms with van der Waals surface area (Å²) in [4.78, 5) is 24.6. The number of carbonyl (C=O) groups is 2. The number of hydrogen-bond donors (Lipinski definition) is 1. The van der Waals surface area contributed by atoms with E-state index in [4.69, 9.17) is 14.2 Å². The molecule has 1 N–H and O–H groups in total. The normalized spacial score (nSPS) is 11.3. The molecular weight excluding hydrogens is 415 g/mol. The Balaban J connectivity index is 2.23. The van der Waals surface area contributed by atoms with Crippen LogP contribution in [-0.2, 0) is 15.7 Å². The number of benzene rings is 3. The maximum Gasteiger partial charge on any atom is 0.420 e. The summed E-state index contributed by atoms with van der Waals surface area (Å²) in [5.74, 6) is -2.13. The molecule has 0 bridgehead atoms. The van der Waals surface area contributed by atoms with E-state index in [1.165, 1.54) is 25.2 Å². The summed E-state index contributed by atoms with van der Waals surface area (Å²) < 4.78 is 56.7. The third-order valence-electron chi connectivity index (χ3n) is 4.33. The monoisotopic (exact) mass is 433 g/mol. The van der Waals surface area contributed by atoms with Gasteiger partial charge in [-0.15, -0.1) is 0 Å². The van der Waals surface area contributed by atoms with Gasteiger partial charge in [0.05, 0.1) is 13.7 Å². The third kappa shape index (κ3) is 4.77. The van der Waals surface area contributed by atoms with Gasteiger partial charge in [-0.2, -0.15) is 13.2 Å². The fourth-order valence-corrected chi connectivity index (χ4v) is 3.07. The summed E-state index contributed by atoms with van der Waals surface area (Å²) in [5, 5.41) is 2.15. The quantitative estimate of drug-likeness (QED) is 0.454. The second-order valence-corrected chi connectivity index (χ2v) is 6.38. The number of para-hydroxylation sites is 1. The van der Waals surface area contributed by atoms with E-state index in [1.54, 1.807) is 30.3 Å². The maximum absolute atomic E-state index is 13.8. The summed E-state index contributed by atoms with van der Waals surface area (Å²) >= 11 is 0. The largest absolute Gasteiger partial charge is 0.496 e. The molecule has 3 aromatic carbocycles. The van der Waals surface area contributed by atoms with Gasteiger partial charge in [0, 0.05) is 5.39 Å². The number of ether oxygens (including phenoxy) is 3. The molecule has 0 aliphatic rings. The molecule has 0 saturated heterocycles. The van der Waals surface area contributed by atoms with Crippen LogP contribution in [0.2, 0.25) is 0 Å². The predicted octanol–water partition coefficient (Wildman–Crippen LogP) is 4.56. The zero-order chi connectivity index (χ0) is 22.6. The van der Waals surface area contributed by atoms with E-state index in [2.05, 4.69) is 5.32 Å². The minimum absolute atomic E-state index is 0.0563. The minimum atomic E-state index is -4.75. The predicted molar refractivity (Wildman–Crippen MR) is 106 cm³/mol. The third-order valence-corrected chi connectivity index (χ3v) is 4.33. The summed E-state index contributed by atoms with van der Waals surface area (Å²) in [6, 6.07) is 13.2. The number of fused-ring (bicyclic) bond motifs is 1. The first-order chi connectivity index (χ1) is 14.8. The van der Waals surface area contributed by atoms with E-state index >= 15 is 0 Å². The lowest BCUT2D eigenvalue weighted by Crippen LogP contribution is -2.24. The smallest absolute Gasteiger partial charge is 0.420 e.